The van der Waals surface area contributed by atoms with E-state index < -0.39 is 0 Å². The highest BCUT2D eigenvalue weighted by molar-refractivity contribution is 5.50. The van der Waals surface area contributed by atoms with Crippen LogP contribution in [0.3, 0.4) is 0 Å². The topological polar surface area (TPSA) is 55.1 Å². The summed E-state index contributed by atoms with van der Waals surface area (Å²) >= 11 is 0. The molecule has 0 radical (unpaired) electrons. The van der Waals surface area contributed by atoms with Crippen molar-refractivity contribution < 1.29 is 0 Å². The Morgan fingerprint density at radius 1 is 1.43 bits per heavy atom. The van der Waals surface area contributed by atoms with Gasteiger partial charge in [0.15, 0.2) is 11.5 Å². The van der Waals surface area contributed by atoms with Crippen molar-refractivity contribution in [2.75, 3.05) is 6.54 Å². The van der Waals surface area contributed by atoms with Gasteiger partial charge in [-0.15, -0.1) is 10.2 Å². The maximum absolute atomic E-state index is 4.32. The van der Waals surface area contributed by atoms with Gasteiger partial charge in [-0.05, 0) is 25.5 Å². The third-order valence-electron chi connectivity index (χ3n) is 2.66. The highest BCUT2D eigenvalue weighted by Crippen LogP contribution is 2.16. The molecule has 3 rings (SSSR count). The van der Waals surface area contributed by atoms with E-state index >= 15 is 0 Å². The first-order chi connectivity index (χ1) is 6.86. The number of aryl methyl sites for hydroxylation is 1. The summed E-state index contributed by atoms with van der Waals surface area (Å²) in [5.74, 6) is 0.841. The number of hydrogen-bond acceptors (Lipinski definition) is 4. The SMILES string of the molecule is Cc1nnc2c3c(cnn12)CCNC3. The number of hydrogen-bond donors (Lipinski definition) is 1. The van der Waals surface area contributed by atoms with E-state index in [0.29, 0.717) is 0 Å². The van der Waals surface area contributed by atoms with Crippen LogP contribution in [0.5, 0.6) is 0 Å². The second kappa shape index (κ2) is 2.75. The standard InChI is InChI=1S/C9H11N5/c1-6-12-13-9-8-5-10-3-2-7(8)4-11-14(6)9/h4,10H,2-3,5H2,1H3. The minimum absolute atomic E-state index is 0.841. The summed E-state index contributed by atoms with van der Waals surface area (Å²) in [4.78, 5) is 0. The fraction of sp³-hybridized carbons (Fsp3) is 0.444. The van der Waals surface area contributed by atoms with Crippen molar-refractivity contribution >= 4 is 5.65 Å². The first-order valence-electron chi connectivity index (χ1n) is 4.76. The van der Waals surface area contributed by atoms with E-state index in [1.165, 1.54) is 11.1 Å². The minimum atomic E-state index is 0.841. The Bertz CT molecular complexity index is 487. The predicted octanol–water partition coefficient (Wildman–Crippen LogP) is 0.0784. The van der Waals surface area contributed by atoms with Crippen LogP contribution in [-0.2, 0) is 13.0 Å². The highest BCUT2D eigenvalue weighted by atomic mass is 15.4. The largest absolute Gasteiger partial charge is 0.312 e. The van der Waals surface area contributed by atoms with Gasteiger partial charge in [-0.1, -0.05) is 0 Å². The van der Waals surface area contributed by atoms with Crippen molar-refractivity contribution in [1.29, 1.82) is 0 Å². The lowest BCUT2D eigenvalue weighted by Crippen LogP contribution is -2.24. The first kappa shape index (κ1) is 7.87. The summed E-state index contributed by atoms with van der Waals surface area (Å²) in [5, 5.41) is 15.8. The smallest absolute Gasteiger partial charge is 0.182 e. The molecule has 3 heterocycles. The Hall–Kier alpha value is -1.49. The molecule has 0 aliphatic carbocycles. The maximum Gasteiger partial charge on any atom is 0.182 e. The van der Waals surface area contributed by atoms with Crippen LogP contribution in [0.4, 0.5) is 0 Å². The van der Waals surface area contributed by atoms with E-state index in [2.05, 4.69) is 20.6 Å². The fourth-order valence-electron chi connectivity index (χ4n) is 1.88. The average Bonchev–Trinajstić information content (AvgIpc) is 2.61. The van der Waals surface area contributed by atoms with E-state index in [9.17, 15) is 0 Å². The molecule has 1 aliphatic heterocycles. The molecule has 0 unspecified atom stereocenters. The Balaban J connectivity index is 2.35. The fourth-order valence-corrected chi connectivity index (χ4v) is 1.88. The van der Waals surface area contributed by atoms with Crippen molar-refractivity contribution in [2.24, 2.45) is 0 Å². The predicted molar refractivity (Wildman–Crippen MR) is 50.9 cm³/mol. The molecule has 0 atom stereocenters. The van der Waals surface area contributed by atoms with Gasteiger partial charge in [0.05, 0.1) is 6.20 Å². The highest BCUT2D eigenvalue weighted by Gasteiger charge is 2.15. The molecule has 0 spiro atoms. The molecule has 0 amide bonds. The van der Waals surface area contributed by atoms with Gasteiger partial charge < -0.3 is 5.32 Å². The number of rotatable bonds is 0. The molecule has 1 N–H and O–H groups in total. The molecule has 5 nitrogen and oxygen atoms in total. The minimum Gasteiger partial charge on any atom is -0.312 e. The third-order valence-corrected chi connectivity index (χ3v) is 2.66. The summed E-state index contributed by atoms with van der Waals surface area (Å²) in [7, 11) is 0. The second-order valence-corrected chi connectivity index (χ2v) is 3.56. The lowest BCUT2D eigenvalue weighted by atomic mass is 10.1. The molecular weight excluding hydrogens is 178 g/mol. The number of nitrogens with one attached hydrogen (secondary N) is 1. The zero-order chi connectivity index (χ0) is 9.54. The summed E-state index contributed by atoms with van der Waals surface area (Å²) in [6.45, 7) is 3.81. The molecule has 0 saturated carbocycles. The lowest BCUT2D eigenvalue weighted by molar-refractivity contribution is 0.636. The second-order valence-electron chi connectivity index (χ2n) is 3.56. The normalized spacial score (nSPS) is 15.8. The zero-order valence-electron chi connectivity index (χ0n) is 7.99. The van der Waals surface area contributed by atoms with Gasteiger partial charge in [0.2, 0.25) is 0 Å². The number of aromatic nitrogens is 4. The van der Waals surface area contributed by atoms with Gasteiger partial charge >= 0.3 is 0 Å². The molecule has 0 fully saturated rings. The Labute approximate surface area is 81.1 Å². The molecule has 2 aromatic rings. The number of nitrogens with zero attached hydrogens (tertiary/aromatic N) is 4. The van der Waals surface area contributed by atoms with Gasteiger partial charge in [0.25, 0.3) is 0 Å². The van der Waals surface area contributed by atoms with Crippen LogP contribution < -0.4 is 5.32 Å². The van der Waals surface area contributed by atoms with E-state index in [4.69, 9.17) is 0 Å². The molecule has 0 aromatic carbocycles. The third kappa shape index (κ3) is 0.957. The van der Waals surface area contributed by atoms with Crippen molar-refractivity contribution in [3.63, 3.8) is 0 Å². The molecular formula is C9H11N5. The van der Waals surface area contributed by atoms with Gasteiger partial charge in [-0.25, -0.2) is 0 Å². The quantitative estimate of drug-likeness (QED) is 0.637. The van der Waals surface area contributed by atoms with E-state index in [0.717, 1.165) is 31.0 Å². The zero-order valence-corrected chi connectivity index (χ0v) is 7.99. The molecule has 72 valence electrons. The van der Waals surface area contributed by atoms with Gasteiger partial charge in [0, 0.05) is 12.1 Å². The number of fused-ring (bicyclic) bond motifs is 3. The van der Waals surface area contributed by atoms with Gasteiger partial charge in [0.1, 0.15) is 0 Å². The summed E-state index contributed by atoms with van der Waals surface area (Å²) < 4.78 is 1.80. The first-order valence-corrected chi connectivity index (χ1v) is 4.76. The van der Waals surface area contributed by atoms with E-state index in [1.54, 1.807) is 4.52 Å². The molecule has 1 aliphatic rings. The van der Waals surface area contributed by atoms with Crippen LogP contribution in [0.1, 0.15) is 17.0 Å². The van der Waals surface area contributed by atoms with Crippen LogP contribution in [0.15, 0.2) is 6.20 Å². The summed E-state index contributed by atoms with van der Waals surface area (Å²) in [5.41, 5.74) is 3.43. The van der Waals surface area contributed by atoms with Crippen LogP contribution in [0.25, 0.3) is 5.65 Å². The molecule has 5 heteroatoms. The van der Waals surface area contributed by atoms with Crippen molar-refractivity contribution in [1.82, 2.24) is 25.1 Å². The van der Waals surface area contributed by atoms with Gasteiger partial charge in [-0.2, -0.15) is 9.61 Å². The summed E-state index contributed by atoms with van der Waals surface area (Å²) in [6, 6.07) is 0. The van der Waals surface area contributed by atoms with Crippen molar-refractivity contribution in [2.45, 2.75) is 19.9 Å². The lowest BCUT2D eigenvalue weighted by Gasteiger charge is -2.16. The van der Waals surface area contributed by atoms with E-state index in [1.807, 2.05) is 13.1 Å². The Morgan fingerprint density at radius 2 is 2.36 bits per heavy atom. The van der Waals surface area contributed by atoms with Crippen LogP contribution >= 0.6 is 0 Å². The molecule has 0 bridgehead atoms. The Kier molecular flexibility index (Phi) is 1.55. The average molecular weight is 189 g/mol. The van der Waals surface area contributed by atoms with Crippen LogP contribution in [0.2, 0.25) is 0 Å². The summed E-state index contributed by atoms with van der Waals surface area (Å²) in [6.07, 6.45) is 2.96. The van der Waals surface area contributed by atoms with Crippen molar-refractivity contribution in [3.8, 4) is 0 Å². The van der Waals surface area contributed by atoms with Crippen LogP contribution in [0, 0.1) is 6.92 Å². The molecule has 14 heavy (non-hydrogen) atoms. The van der Waals surface area contributed by atoms with Gasteiger partial charge in [-0.3, -0.25) is 0 Å². The van der Waals surface area contributed by atoms with Crippen molar-refractivity contribution in [3.05, 3.63) is 23.1 Å². The monoisotopic (exact) mass is 189 g/mol. The molecule has 2 aromatic heterocycles. The Morgan fingerprint density at radius 3 is 3.29 bits per heavy atom. The maximum atomic E-state index is 4.32. The van der Waals surface area contributed by atoms with E-state index in [-0.39, 0.29) is 0 Å². The molecule has 0 saturated heterocycles. The van der Waals surface area contributed by atoms with Crippen LogP contribution in [-0.4, -0.2) is 26.4 Å².